The van der Waals surface area contributed by atoms with Gasteiger partial charge in [0.05, 0.1) is 6.04 Å². The van der Waals surface area contributed by atoms with Crippen molar-refractivity contribution in [2.24, 2.45) is 0 Å². The highest BCUT2D eigenvalue weighted by molar-refractivity contribution is 5.88. The van der Waals surface area contributed by atoms with Gasteiger partial charge in [-0.05, 0) is 48.6 Å². The lowest BCUT2D eigenvalue weighted by Gasteiger charge is -2.30. The average molecular weight is 357 g/mol. The number of amides is 2. The van der Waals surface area contributed by atoms with Crippen LogP contribution in [0.5, 0.6) is 0 Å². The predicted molar refractivity (Wildman–Crippen MR) is 107 cm³/mol. The first-order valence-corrected chi connectivity index (χ1v) is 9.33. The minimum absolute atomic E-state index is 0.0752. The van der Waals surface area contributed by atoms with Crippen molar-refractivity contribution in [3.05, 3.63) is 95.2 Å². The molecule has 1 N–H and O–H groups in total. The van der Waals surface area contributed by atoms with E-state index in [2.05, 4.69) is 65.8 Å². The van der Waals surface area contributed by atoms with Crippen molar-refractivity contribution in [2.75, 3.05) is 5.32 Å². The molecule has 4 nitrogen and oxygen atoms in total. The summed E-state index contributed by atoms with van der Waals surface area (Å²) in [5.74, 6) is 0.572. The number of nitrogens with zero attached hydrogens (tertiary/aromatic N) is 2. The Balaban J connectivity index is 1.62. The van der Waals surface area contributed by atoms with E-state index in [0.717, 1.165) is 18.4 Å². The first-order valence-electron chi connectivity index (χ1n) is 9.33. The summed E-state index contributed by atoms with van der Waals surface area (Å²) in [4.78, 5) is 19.3. The quantitative estimate of drug-likeness (QED) is 0.705. The lowest BCUT2D eigenvalue weighted by molar-refractivity contribution is 0.183. The van der Waals surface area contributed by atoms with Gasteiger partial charge in [-0.25, -0.2) is 9.78 Å². The van der Waals surface area contributed by atoms with E-state index in [-0.39, 0.29) is 12.1 Å². The Bertz CT molecular complexity index is 922. The van der Waals surface area contributed by atoms with E-state index in [9.17, 15) is 4.79 Å². The Morgan fingerprint density at radius 3 is 2.63 bits per heavy atom. The molecule has 0 spiro atoms. The van der Waals surface area contributed by atoms with Crippen LogP contribution in [0.1, 0.15) is 34.7 Å². The fourth-order valence-electron chi connectivity index (χ4n) is 3.69. The number of pyridine rings is 1. The summed E-state index contributed by atoms with van der Waals surface area (Å²) in [6.45, 7) is 2.64. The second-order valence-corrected chi connectivity index (χ2v) is 7.01. The minimum Gasteiger partial charge on any atom is -0.313 e. The second-order valence-electron chi connectivity index (χ2n) is 7.01. The molecule has 27 heavy (non-hydrogen) atoms. The van der Waals surface area contributed by atoms with Crippen LogP contribution in [0.3, 0.4) is 0 Å². The molecule has 0 saturated carbocycles. The molecule has 1 atom stereocenters. The Kier molecular flexibility index (Phi) is 4.88. The fraction of sp³-hybridized carbons (Fsp3) is 0.217. The molecule has 0 aliphatic heterocycles. The molecule has 0 saturated heterocycles. The number of aromatic nitrogens is 1. The van der Waals surface area contributed by atoms with Gasteiger partial charge >= 0.3 is 6.03 Å². The lowest BCUT2D eigenvalue weighted by Crippen LogP contribution is -2.37. The molecule has 3 aromatic rings. The van der Waals surface area contributed by atoms with E-state index in [1.807, 2.05) is 23.1 Å². The van der Waals surface area contributed by atoms with E-state index in [0.29, 0.717) is 12.4 Å². The molecule has 1 aliphatic carbocycles. The molecular weight excluding hydrogens is 334 g/mol. The third kappa shape index (κ3) is 3.85. The molecule has 0 bridgehead atoms. The Morgan fingerprint density at radius 2 is 1.85 bits per heavy atom. The molecule has 4 rings (SSSR count). The number of hydrogen-bond acceptors (Lipinski definition) is 2. The van der Waals surface area contributed by atoms with Gasteiger partial charge in [-0.1, -0.05) is 60.2 Å². The van der Waals surface area contributed by atoms with Crippen LogP contribution in [0.15, 0.2) is 72.9 Å². The van der Waals surface area contributed by atoms with Crippen molar-refractivity contribution in [1.82, 2.24) is 9.88 Å². The minimum atomic E-state index is -0.115. The molecule has 2 aromatic carbocycles. The van der Waals surface area contributed by atoms with Gasteiger partial charge in [-0.2, -0.15) is 0 Å². The normalized spacial score (nSPS) is 15.2. The molecule has 0 fully saturated rings. The number of hydrogen-bond donors (Lipinski definition) is 1. The summed E-state index contributed by atoms with van der Waals surface area (Å²) >= 11 is 0. The van der Waals surface area contributed by atoms with Crippen molar-refractivity contribution in [3.63, 3.8) is 0 Å². The van der Waals surface area contributed by atoms with Crippen LogP contribution in [0.4, 0.5) is 10.6 Å². The number of rotatable bonds is 4. The number of aryl methyl sites for hydroxylation is 2. The maximum Gasteiger partial charge on any atom is 0.323 e. The first-order chi connectivity index (χ1) is 13.2. The summed E-state index contributed by atoms with van der Waals surface area (Å²) in [7, 11) is 0. The SMILES string of the molecule is Cc1ccc(CN(C(=O)Nc2ccccn2)C2CCc3ccccc32)cc1. The number of carbonyl (C=O) groups excluding carboxylic acids is 1. The largest absolute Gasteiger partial charge is 0.323 e. The Labute approximate surface area is 159 Å². The highest BCUT2D eigenvalue weighted by Crippen LogP contribution is 2.36. The molecule has 1 unspecified atom stereocenters. The van der Waals surface area contributed by atoms with Crippen LogP contribution >= 0.6 is 0 Å². The van der Waals surface area contributed by atoms with Crippen molar-refractivity contribution in [3.8, 4) is 0 Å². The summed E-state index contributed by atoms with van der Waals surface area (Å²) in [6, 6.07) is 22.3. The van der Waals surface area contributed by atoms with Gasteiger partial charge < -0.3 is 4.90 Å². The second kappa shape index (κ2) is 7.62. The maximum atomic E-state index is 13.2. The van der Waals surface area contributed by atoms with Gasteiger partial charge in [-0.15, -0.1) is 0 Å². The Morgan fingerprint density at radius 1 is 1.07 bits per heavy atom. The lowest BCUT2D eigenvalue weighted by atomic mass is 10.1. The topological polar surface area (TPSA) is 45.2 Å². The van der Waals surface area contributed by atoms with E-state index in [4.69, 9.17) is 0 Å². The number of urea groups is 1. The van der Waals surface area contributed by atoms with Crippen LogP contribution in [0.25, 0.3) is 0 Å². The van der Waals surface area contributed by atoms with Crippen LogP contribution < -0.4 is 5.32 Å². The first kappa shape index (κ1) is 17.3. The molecule has 4 heteroatoms. The molecule has 0 radical (unpaired) electrons. The number of anilines is 1. The van der Waals surface area contributed by atoms with Crippen LogP contribution in [-0.4, -0.2) is 15.9 Å². The molecule has 2 amide bonds. The summed E-state index contributed by atoms with van der Waals surface area (Å²) in [5.41, 5.74) is 4.93. The van der Waals surface area contributed by atoms with Crippen molar-refractivity contribution >= 4 is 11.8 Å². The van der Waals surface area contributed by atoms with Gasteiger partial charge in [0.1, 0.15) is 5.82 Å². The summed E-state index contributed by atoms with van der Waals surface area (Å²) < 4.78 is 0. The number of carbonyl (C=O) groups is 1. The predicted octanol–water partition coefficient (Wildman–Crippen LogP) is 5.11. The zero-order valence-corrected chi connectivity index (χ0v) is 15.4. The molecule has 1 aliphatic rings. The fourth-order valence-corrected chi connectivity index (χ4v) is 3.69. The van der Waals surface area contributed by atoms with E-state index >= 15 is 0 Å². The van der Waals surface area contributed by atoms with Crippen molar-refractivity contribution < 1.29 is 4.79 Å². The van der Waals surface area contributed by atoms with Gasteiger partial charge in [-0.3, -0.25) is 5.32 Å². The maximum absolute atomic E-state index is 13.2. The summed E-state index contributed by atoms with van der Waals surface area (Å²) in [5, 5.41) is 2.96. The summed E-state index contributed by atoms with van der Waals surface area (Å²) in [6.07, 6.45) is 3.63. The average Bonchev–Trinajstić information content (AvgIpc) is 3.12. The molecule has 1 aromatic heterocycles. The zero-order chi connectivity index (χ0) is 18.6. The smallest absolute Gasteiger partial charge is 0.313 e. The third-order valence-electron chi connectivity index (χ3n) is 5.11. The van der Waals surface area contributed by atoms with Gasteiger partial charge in [0.2, 0.25) is 0 Å². The van der Waals surface area contributed by atoms with Crippen LogP contribution in [-0.2, 0) is 13.0 Å². The number of benzene rings is 2. The monoisotopic (exact) mass is 357 g/mol. The van der Waals surface area contributed by atoms with Gasteiger partial charge in [0.15, 0.2) is 0 Å². The Hall–Kier alpha value is -3.14. The highest BCUT2D eigenvalue weighted by atomic mass is 16.2. The zero-order valence-electron chi connectivity index (χ0n) is 15.4. The third-order valence-corrected chi connectivity index (χ3v) is 5.11. The molecular formula is C23H23N3O. The number of nitrogens with one attached hydrogen (secondary N) is 1. The van der Waals surface area contributed by atoms with E-state index < -0.39 is 0 Å². The highest BCUT2D eigenvalue weighted by Gasteiger charge is 2.31. The van der Waals surface area contributed by atoms with Gasteiger partial charge in [0.25, 0.3) is 0 Å². The molecule has 1 heterocycles. The van der Waals surface area contributed by atoms with E-state index in [1.54, 1.807) is 6.20 Å². The van der Waals surface area contributed by atoms with Crippen molar-refractivity contribution in [1.29, 1.82) is 0 Å². The van der Waals surface area contributed by atoms with Crippen molar-refractivity contribution in [2.45, 2.75) is 32.4 Å². The van der Waals surface area contributed by atoms with Crippen LogP contribution in [0, 0.1) is 6.92 Å². The van der Waals surface area contributed by atoms with Gasteiger partial charge in [0, 0.05) is 12.7 Å². The standard InChI is InChI=1S/C23H23N3O/c1-17-9-11-18(12-10-17)16-26(23(27)25-22-8-4-5-15-24-22)21-14-13-19-6-2-3-7-20(19)21/h2-12,15,21H,13-14,16H2,1H3,(H,24,25,27). The van der Waals surface area contributed by atoms with Crippen LogP contribution in [0.2, 0.25) is 0 Å². The van der Waals surface area contributed by atoms with E-state index in [1.165, 1.54) is 16.7 Å². The molecule has 136 valence electrons. The number of fused-ring (bicyclic) bond motifs is 1.